The van der Waals surface area contributed by atoms with Gasteiger partial charge in [0.15, 0.2) is 11.6 Å². The van der Waals surface area contributed by atoms with Crippen molar-refractivity contribution in [3.8, 4) is 5.75 Å². The second-order valence-corrected chi connectivity index (χ2v) is 4.57. The largest absolute Gasteiger partial charge is 0.486 e. The number of ether oxygens (including phenoxy) is 1. The zero-order valence-electron chi connectivity index (χ0n) is 9.58. The van der Waals surface area contributed by atoms with Gasteiger partial charge in [-0.15, -0.1) is 0 Å². The van der Waals surface area contributed by atoms with Gasteiger partial charge in [0.25, 0.3) is 0 Å². The lowest BCUT2D eigenvalue weighted by Gasteiger charge is -2.09. The number of hydrogen-bond donors (Lipinski definition) is 0. The van der Waals surface area contributed by atoms with Crippen LogP contribution in [0.4, 0.5) is 4.39 Å². The van der Waals surface area contributed by atoms with Crippen LogP contribution in [0.5, 0.6) is 5.75 Å². The highest BCUT2D eigenvalue weighted by Gasteiger charge is 2.08. The smallest absolute Gasteiger partial charge is 0.167 e. The highest BCUT2D eigenvalue weighted by atomic mass is 35.5. The summed E-state index contributed by atoms with van der Waals surface area (Å²) in [5, 5.41) is 0.758. The van der Waals surface area contributed by atoms with E-state index in [0.717, 1.165) is 0 Å². The van der Waals surface area contributed by atoms with Crippen molar-refractivity contribution >= 4 is 23.2 Å². The van der Waals surface area contributed by atoms with Gasteiger partial charge in [-0.05, 0) is 24.6 Å². The molecule has 0 amide bonds. The van der Waals surface area contributed by atoms with Crippen molar-refractivity contribution in [2.75, 3.05) is 0 Å². The van der Waals surface area contributed by atoms with Crippen molar-refractivity contribution in [1.29, 1.82) is 0 Å². The maximum absolute atomic E-state index is 13.7. The first-order valence-electron chi connectivity index (χ1n) is 5.26. The Kier molecular flexibility index (Phi) is 4.04. The van der Waals surface area contributed by atoms with Gasteiger partial charge in [-0.2, -0.15) is 0 Å². The first-order valence-corrected chi connectivity index (χ1v) is 6.01. The highest BCUT2D eigenvalue weighted by Crippen LogP contribution is 2.23. The fourth-order valence-corrected chi connectivity index (χ4v) is 1.85. The lowest BCUT2D eigenvalue weighted by atomic mass is 10.2. The Bertz CT molecular complexity index is 575. The Hall–Kier alpha value is -1.32. The number of aromatic nitrogens is 1. The summed E-state index contributed by atoms with van der Waals surface area (Å²) in [6, 6.07) is 6.50. The van der Waals surface area contributed by atoms with Gasteiger partial charge in [-0.1, -0.05) is 35.3 Å². The van der Waals surface area contributed by atoms with Gasteiger partial charge in [0.1, 0.15) is 11.8 Å². The molecular formula is C13H10Cl2FNO. The third kappa shape index (κ3) is 2.92. The van der Waals surface area contributed by atoms with Crippen LogP contribution in [0.25, 0.3) is 0 Å². The zero-order chi connectivity index (χ0) is 13.1. The minimum absolute atomic E-state index is 0.142. The van der Waals surface area contributed by atoms with Crippen LogP contribution in [0.2, 0.25) is 10.2 Å². The summed E-state index contributed by atoms with van der Waals surface area (Å²) in [4.78, 5) is 3.90. The third-order valence-corrected chi connectivity index (χ3v) is 2.99. The molecule has 2 rings (SSSR count). The summed E-state index contributed by atoms with van der Waals surface area (Å²) in [5.41, 5.74) is 1.19. The minimum atomic E-state index is -0.365. The molecule has 0 aliphatic carbocycles. The number of pyridine rings is 1. The van der Waals surface area contributed by atoms with E-state index in [4.69, 9.17) is 27.9 Å². The van der Waals surface area contributed by atoms with Crippen LogP contribution in [0.1, 0.15) is 11.1 Å². The Morgan fingerprint density at radius 1 is 1.33 bits per heavy atom. The average Bonchev–Trinajstić information content (AvgIpc) is 2.33. The molecule has 1 aromatic carbocycles. The minimum Gasteiger partial charge on any atom is -0.486 e. The standard InChI is InChI=1S/C13H10Cl2FNO/c1-8-3-2-4-11(13(8)16)18-7-9-6-17-12(15)5-10(9)14/h2-6H,7H2,1H3. The van der Waals surface area contributed by atoms with Crippen LogP contribution in [-0.2, 0) is 6.61 Å². The Balaban J connectivity index is 2.14. The molecule has 0 saturated heterocycles. The zero-order valence-corrected chi connectivity index (χ0v) is 11.1. The molecule has 0 spiro atoms. The summed E-state index contributed by atoms with van der Waals surface area (Å²) in [5.74, 6) is -0.170. The average molecular weight is 286 g/mol. The Morgan fingerprint density at radius 2 is 2.11 bits per heavy atom. The monoisotopic (exact) mass is 285 g/mol. The van der Waals surface area contributed by atoms with Gasteiger partial charge < -0.3 is 4.74 Å². The predicted molar refractivity (Wildman–Crippen MR) is 69.7 cm³/mol. The van der Waals surface area contributed by atoms with Gasteiger partial charge in [0.2, 0.25) is 0 Å². The molecule has 0 fully saturated rings. The SMILES string of the molecule is Cc1cccc(OCc2cnc(Cl)cc2Cl)c1F. The molecule has 0 aliphatic rings. The summed E-state index contributed by atoms with van der Waals surface area (Å²) < 4.78 is 19.1. The van der Waals surface area contributed by atoms with E-state index < -0.39 is 0 Å². The van der Waals surface area contributed by atoms with Crippen LogP contribution in [0.3, 0.4) is 0 Å². The summed E-state index contributed by atoms with van der Waals surface area (Å²) in [6.07, 6.45) is 1.51. The van der Waals surface area contributed by atoms with E-state index in [1.54, 1.807) is 25.1 Å². The normalized spacial score (nSPS) is 10.4. The van der Waals surface area contributed by atoms with Crippen molar-refractivity contribution in [1.82, 2.24) is 4.98 Å². The summed E-state index contributed by atoms with van der Waals surface area (Å²) in [7, 11) is 0. The van der Waals surface area contributed by atoms with Crippen molar-refractivity contribution in [2.45, 2.75) is 13.5 Å². The quantitative estimate of drug-likeness (QED) is 0.779. The predicted octanol–water partition coefficient (Wildman–Crippen LogP) is 4.41. The first-order chi connectivity index (χ1) is 8.58. The van der Waals surface area contributed by atoms with E-state index in [2.05, 4.69) is 4.98 Å². The maximum Gasteiger partial charge on any atom is 0.167 e. The van der Waals surface area contributed by atoms with Crippen molar-refractivity contribution in [3.05, 3.63) is 57.6 Å². The number of halogens is 3. The van der Waals surface area contributed by atoms with E-state index in [1.807, 2.05) is 0 Å². The summed E-state index contributed by atoms with van der Waals surface area (Å²) in [6.45, 7) is 1.82. The van der Waals surface area contributed by atoms with E-state index in [-0.39, 0.29) is 18.2 Å². The van der Waals surface area contributed by atoms with Crippen LogP contribution in [0, 0.1) is 12.7 Å². The van der Waals surface area contributed by atoms with Gasteiger partial charge in [0.05, 0.1) is 5.02 Å². The number of benzene rings is 1. The Morgan fingerprint density at radius 3 is 2.83 bits per heavy atom. The molecule has 1 aromatic heterocycles. The van der Waals surface area contributed by atoms with Gasteiger partial charge in [-0.25, -0.2) is 9.37 Å². The van der Waals surface area contributed by atoms with Gasteiger partial charge >= 0.3 is 0 Å². The molecular weight excluding hydrogens is 276 g/mol. The molecule has 2 aromatic rings. The number of nitrogens with zero attached hydrogens (tertiary/aromatic N) is 1. The fourth-order valence-electron chi connectivity index (χ4n) is 1.43. The van der Waals surface area contributed by atoms with E-state index in [0.29, 0.717) is 21.3 Å². The molecule has 0 N–H and O–H groups in total. The maximum atomic E-state index is 13.7. The Labute approximate surface area is 114 Å². The molecule has 2 nitrogen and oxygen atoms in total. The molecule has 1 heterocycles. The molecule has 5 heteroatoms. The van der Waals surface area contributed by atoms with Gasteiger partial charge in [0, 0.05) is 11.8 Å². The number of rotatable bonds is 3. The number of hydrogen-bond acceptors (Lipinski definition) is 2. The van der Waals surface area contributed by atoms with Crippen LogP contribution in [0.15, 0.2) is 30.5 Å². The topological polar surface area (TPSA) is 22.1 Å². The van der Waals surface area contributed by atoms with Crippen LogP contribution in [-0.4, -0.2) is 4.98 Å². The summed E-state index contributed by atoms with van der Waals surface area (Å²) >= 11 is 11.7. The fraction of sp³-hybridized carbons (Fsp3) is 0.154. The van der Waals surface area contributed by atoms with E-state index >= 15 is 0 Å². The molecule has 0 bridgehead atoms. The molecule has 0 radical (unpaired) electrons. The second kappa shape index (κ2) is 5.55. The molecule has 0 aliphatic heterocycles. The third-order valence-electron chi connectivity index (χ3n) is 2.44. The lowest BCUT2D eigenvalue weighted by molar-refractivity contribution is 0.289. The molecule has 0 atom stereocenters. The molecule has 0 unspecified atom stereocenters. The molecule has 0 saturated carbocycles. The molecule has 94 valence electrons. The number of aryl methyl sites for hydroxylation is 1. The molecule has 18 heavy (non-hydrogen) atoms. The second-order valence-electron chi connectivity index (χ2n) is 3.77. The van der Waals surface area contributed by atoms with Crippen molar-refractivity contribution in [3.63, 3.8) is 0 Å². The highest BCUT2D eigenvalue weighted by molar-refractivity contribution is 6.34. The van der Waals surface area contributed by atoms with Gasteiger partial charge in [-0.3, -0.25) is 0 Å². The van der Waals surface area contributed by atoms with E-state index in [9.17, 15) is 4.39 Å². The lowest BCUT2D eigenvalue weighted by Crippen LogP contribution is -1.99. The van der Waals surface area contributed by atoms with Crippen molar-refractivity contribution < 1.29 is 9.13 Å². The van der Waals surface area contributed by atoms with Crippen LogP contribution >= 0.6 is 23.2 Å². The van der Waals surface area contributed by atoms with Crippen LogP contribution < -0.4 is 4.74 Å². The van der Waals surface area contributed by atoms with E-state index in [1.165, 1.54) is 12.3 Å². The van der Waals surface area contributed by atoms with Crippen molar-refractivity contribution in [2.24, 2.45) is 0 Å². The first kappa shape index (κ1) is 13.1.